The molecule has 32 heavy (non-hydrogen) atoms. The fourth-order valence-electron chi connectivity index (χ4n) is 3.89. The highest BCUT2D eigenvalue weighted by Gasteiger charge is 2.02. The summed E-state index contributed by atoms with van der Waals surface area (Å²) in [5.74, 6) is 0. The third-order valence-corrected chi connectivity index (χ3v) is 5.77. The van der Waals surface area contributed by atoms with Crippen molar-refractivity contribution in [3.05, 3.63) is 133 Å². The summed E-state index contributed by atoms with van der Waals surface area (Å²) in [5.41, 5.74) is 10.8. The van der Waals surface area contributed by atoms with Crippen molar-refractivity contribution < 1.29 is 0 Å². The second kappa shape index (κ2) is 8.95. The zero-order chi connectivity index (χ0) is 21.8. The molecule has 0 atom stereocenters. The lowest BCUT2D eigenvalue weighted by atomic mass is 10.0. The van der Waals surface area contributed by atoms with Crippen LogP contribution in [0.5, 0.6) is 0 Å². The SMILES string of the molecule is Cc1ccc(-c2ccc(Nc3ccc(-c4ccc(-c5ccccc5)cc4)cc3)cc2)cc1. The van der Waals surface area contributed by atoms with Crippen molar-refractivity contribution in [3.63, 3.8) is 0 Å². The molecule has 5 aromatic rings. The summed E-state index contributed by atoms with van der Waals surface area (Å²) in [6, 6.07) is 45.1. The van der Waals surface area contributed by atoms with Crippen LogP contribution in [0.2, 0.25) is 0 Å². The number of rotatable bonds is 5. The molecule has 0 spiro atoms. The molecule has 0 amide bonds. The summed E-state index contributed by atoms with van der Waals surface area (Å²) in [6.45, 7) is 2.11. The molecular weight excluding hydrogens is 386 g/mol. The molecule has 1 heteroatoms. The van der Waals surface area contributed by atoms with Crippen molar-refractivity contribution in [1.82, 2.24) is 0 Å². The van der Waals surface area contributed by atoms with E-state index < -0.39 is 0 Å². The minimum Gasteiger partial charge on any atom is -0.356 e. The summed E-state index contributed by atoms with van der Waals surface area (Å²) in [5, 5.41) is 3.50. The highest BCUT2D eigenvalue weighted by Crippen LogP contribution is 2.27. The van der Waals surface area contributed by atoms with Gasteiger partial charge in [-0.2, -0.15) is 0 Å². The minimum atomic E-state index is 1.08. The molecule has 0 saturated heterocycles. The lowest BCUT2D eigenvalue weighted by Gasteiger charge is -2.10. The number of anilines is 2. The molecule has 0 bridgehead atoms. The van der Waals surface area contributed by atoms with Gasteiger partial charge in [0.25, 0.3) is 0 Å². The van der Waals surface area contributed by atoms with Gasteiger partial charge in [-0.05, 0) is 64.6 Å². The highest BCUT2D eigenvalue weighted by atomic mass is 14.9. The Morgan fingerprint density at radius 2 is 0.656 bits per heavy atom. The average molecular weight is 412 g/mol. The molecule has 154 valence electrons. The Bertz CT molecular complexity index is 1280. The van der Waals surface area contributed by atoms with Gasteiger partial charge in [0.1, 0.15) is 0 Å². The van der Waals surface area contributed by atoms with Crippen molar-refractivity contribution in [3.8, 4) is 33.4 Å². The van der Waals surface area contributed by atoms with E-state index in [-0.39, 0.29) is 0 Å². The fraction of sp³-hybridized carbons (Fsp3) is 0.0323. The second-order valence-corrected chi connectivity index (χ2v) is 8.09. The summed E-state index contributed by atoms with van der Waals surface area (Å²) >= 11 is 0. The van der Waals surface area contributed by atoms with Gasteiger partial charge in [0.15, 0.2) is 0 Å². The molecule has 0 aromatic heterocycles. The predicted molar refractivity (Wildman–Crippen MR) is 137 cm³/mol. The average Bonchev–Trinajstić information content (AvgIpc) is 2.86. The van der Waals surface area contributed by atoms with Crippen LogP contribution in [0.1, 0.15) is 5.56 Å². The van der Waals surface area contributed by atoms with E-state index in [1.165, 1.54) is 38.9 Å². The molecule has 0 aliphatic carbocycles. The van der Waals surface area contributed by atoms with Gasteiger partial charge in [0.2, 0.25) is 0 Å². The van der Waals surface area contributed by atoms with Gasteiger partial charge in [0, 0.05) is 11.4 Å². The van der Waals surface area contributed by atoms with Crippen LogP contribution in [-0.2, 0) is 0 Å². The van der Waals surface area contributed by atoms with Crippen LogP contribution in [0.4, 0.5) is 11.4 Å². The van der Waals surface area contributed by atoms with E-state index in [4.69, 9.17) is 0 Å². The topological polar surface area (TPSA) is 12.0 Å². The van der Waals surface area contributed by atoms with E-state index in [0.29, 0.717) is 0 Å². The standard InChI is InChI=1S/C31H25N/c1-23-7-9-25(10-8-23)28-15-19-30(20-16-28)32-31-21-17-29(18-22-31)27-13-11-26(12-14-27)24-5-3-2-4-6-24/h2-22,32H,1H3. The summed E-state index contributed by atoms with van der Waals surface area (Å²) in [7, 11) is 0. The maximum Gasteiger partial charge on any atom is 0.0384 e. The van der Waals surface area contributed by atoms with Crippen LogP contribution in [0, 0.1) is 6.92 Å². The quantitative estimate of drug-likeness (QED) is 0.305. The molecule has 5 rings (SSSR count). The Morgan fingerprint density at radius 3 is 1.06 bits per heavy atom. The van der Waals surface area contributed by atoms with E-state index in [1.807, 2.05) is 6.07 Å². The normalized spacial score (nSPS) is 10.7. The first kappa shape index (κ1) is 19.8. The first-order chi connectivity index (χ1) is 15.7. The smallest absolute Gasteiger partial charge is 0.0384 e. The van der Waals surface area contributed by atoms with Crippen molar-refractivity contribution in [2.24, 2.45) is 0 Å². The van der Waals surface area contributed by atoms with Crippen LogP contribution in [-0.4, -0.2) is 0 Å². The van der Waals surface area contributed by atoms with Gasteiger partial charge < -0.3 is 5.32 Å². The summed E-state index contributed by atoms with van der Waals surface area (Å²) in [4.78, 5) is 0. The number of hydrogen-bond donors (Lipinski definition) is 1. The van der Waals surface area contributed by atoms with Crippen LogP contribution >= 0.6 is 0 Å². The largest absolute Gasteiger partial charge is 0.356 e. The van der Waals surface area contributed by atoms with Gasteiger partial charge in [-0.3, -0.25) is 0 Å². The molecule has 0 heterocycles. The molecule has 0 unspecified atom stereocenters. The lowest BCUT2D eigenvalue weighted by molar-refractivity contribution is 1.47. The number of hydrogen-bond acceptors (Lipinski definition) is 1. The zero-order valence-electron chi connectivity index (χ0n) is 18.1. The Labute approximate surface area is 190 Å². The van der Waals surface area contributed by atoms with Gasteiger partial charge in [-0.15, -0.1) is 0 Å². The third-order valence-electron chi connectivity index (χ3n) is 5.77. The van der Waals surface area contributed by atoms with Gasteiger partial charge in [-0.25, -0.2) is 0 Å². The van der Waals surface area contributed by atoms with E-state index in [9.17, 15) is 0 Å². The Kier molecular flexibility index (Phi) is 5.55. The molecule has 0 fully saturated rings. The van der Waals surface area contributed by atoms with Crippen molar-refractivity contribution in [2.45, 2.75) is 6.92 Å². The fourth-order valence-corrected chi connectivity index (χ4v) is 3.89. The third kappa shape index (κ3) is 4.48. The van der Waals surface area contributed by atoms with Crippen LogP contribution in [0.3, 0.4) is 0 Å². The Morgan fingerprint density at radius 1 is 0.344 bits per heavy atom. The van der Waals surface area contributed by atoms with E-state index in [0.717, 1.165) is 11.4 Å². The molecule has 1 N–H and O–H groups in total. The maximum atomic E-state index is 3.50. The first-order valence-electron chi connectivity index (χ1n) is 10.9. The predicted octanol–water partition coefficient (Wildman–Crippen LogP) is 8.74. The van der Waals surface area contributed by atoms with Gasteiger partial charge in [-0.1, -0.05) is 109 Å². The monoisotopic (exact) mass is 411 g/mol. The minimum absolute atomic E-state index is 1.08. The van der Waals surface area contributed by atoms with Gasteiger partial charge in [0.05, 0.1) is 0 Å². The molecule has 0 aliphatic rings. The Hall–Kier alpha value is -4.10. The van der Waals surface area contributed by atoms with E-state index in [2.05, 4.69) is 134 Å². The number of aryl methyl sites for hydroxylation is 1. The van der Waals surface area contributed by atoms with Crippen LogP contribution in [0.25, 0.3) is 33.4 Å². The van der Waals surface area contributed by atoms with E-state index >= 15 is 0 Å². The molecule has 5 aromatic carbocycles. The first-order valence-corrected chi connectivity index (χ1v) is 10.9. The Balaban J connectivity index is 1.27. The zero-order valence-corrected chi connectivity index (χ0v) is 18.1. The number of benzene rings is 5. The molecule has 0 radical (unpaired) electrons. The maximum absolute atomic E-state index is 3.50. The molecular formula is C31H25N. The molecule has 0 aliphatic heterocycles. The lowest BCUT2D eigenvalue weighted by Crippen LogP contribution is -1.90. The van der Waals surface area contributed by atoms with Crippen molar-refractivity contribution >= 4 is 11.4 Å². The highest BCUT2D eigenvalue weighted by molar-refractivity contribution is 5.73. The van der Waals surface area contributed by atoms with Crippen LogP contribution in [0.15, 0.2) is 127 Å². The number of nitrogens with one attached hydrogen (secondary N) is 1. The molecule has 1 nitrogen and oxygen atoms in total. The van der Waals surface area contributed by atoms with Crippen molar-refractivity contribution in [2.75, 3.05) is 5.32 Å². The van der Waals surface area contributed by atoms with Gasteiger partial charge >= 0.3 is 0 Å². The molecule has 0 saturated carbocycles. The van der Waals surface area contributed by atoms with Crippen LogP contribution < -0.4 is 5.32 Å². The van der Waals surface area contributed by atoms with Crippen molar-refractivity contribution in [1.29, 1.82) is 0 Å². The summed E-state index contributed by atoms with van der Waals surface area (Å²) in [6.07, 6.45) is 0. The van der Waals surface area contributed by atoms with E-state index in [1.54, 1.807) is 0 Å². The summed E-state index contributed by atoms with van der Waals surface area (Å²) < 4.78 is 0. The second-order valence-electron chi connectivity index (χ2n) is 8.09.